The SMILES string of the molecule is C#CCS(=O)(=O)c1ccc(CCN)cc1. The first-order chi connectivity index (χ1) is 7.10. The molecule has 0 saturated carbocycles. The molecule has 3 nitrogen and oxygen atoms in total. The quantitative estimate of drug-likeness (QED) is 0.760. The van der Waals surface area contributed by atoms with Gasteiger partial charge in [-0.05, 0) is 30.7 Å². The van der Waals surface area contributed by atoms with Crippen LogP contribution in [0.15, 0.2) is 29.2 Å². The molecule has 0 radical (unpaired) electrons. The van der Waals surface area contributed by atoms with Crippen LogP contribution >= 0.6 is 0 Å². The van der Waals surface area contributed by atoms with Crippen LogP contribution in [0, 0.1) is 12.3 Å². The lowest BCUT2D eigenvalue weighted by Crippen LogP contribution is -2.06. The van der Waals surface area contributed by atoms with Gasteiger partial charge in [-0.2, -0.15) is 0 Å². The maximum atomic E-state index is 11.5. The number of nitrogens with two attached hydrogens (primary N) is 1. The number of benzene rings is 1. The molecule has 0 aliphatic heterocycles. The summed E-state index contributed by atoms with van der Waals surface area (Å²) in [5.41, 5.74) is 6.41. The van der Waals surface area contributed by atoms with Crippen LogP contribution in [0.5, 0.6) is 0 Å². The molecule has 2 N–H and O–H groups in total. The van der Waals surface area contributed by atoms with Crippen LogP contribution in [-0.2, 0) is 16.3 Å². The molecule has 0 amide bonds. The van der Waals surface area contributed by atoms with E-state index in [4.69, 9.17) is 12.2 Å². The first-order valence-corrected chi connectivity index (χ1v) is 6.20. The molecule has 15 heavy (non-hydrogen) atoms. The van der Waals surface area contributed by atoms with Crippen molar-refractivity contribution in [1.82, 2.24) is 0 Å². The molecule has 0 fully saturated rings. The second-order valence-electron chi connectivity index (χ2n) is 3.15. The van der Waals surface area contributed by atoms with Crippen molar-refractivity contribution >= 4 is 9.84 Å². The molecular formula is C11H13NO2S. The monoisotopic (exact) mass is 223 g/mol. The Labute approximate surface area is 90.2 Å². The number of terminal acetylenes is 1. The van der Waals surface area contributed by atoms with Crippen molar-refractivity contribution in [2.75, 3.05) is 12.3 Å². The van der Waals surface area contributed by atoms with Crippen molar-refractivity contribution in [1.29, 1.82) is 0 Å². The van der Waals surface area contributed by atoms with Gasteiger partial charge in [0.1, 0.15) is 5.75 Å². The Kier molecular flexibility index (Phi) is 3.89. The molecule has 4 heteroatoms. The van der Waals surface area contributed by atoms with Gasteiger partial charge in [-0.25, -0.2) is 8.42 Å². The lowest BCUT2D eigenvalue weighted by molar-refractivity contribution is 0.599. The Morgan fingerprint density at radius 2 is 1.87 bits per heavy atom. The second-order valence-corrected chi connectivity index (χ2v) is 5.14. The Morgan fingerprint density at radius 1 is 1.27 bits per heavy atom. The van der Waals surface area contributed by atoms with E-state index in [9.17, 15) is 8.42 Å². The van der Waals surface area contributed by atoms with Gasteiger partial charge in [-0.15, -0.1) is 6.42 Å². The fourth-order valence-electron chi connectivity index (χ4n) is 1.22. The second kappa shape index (κ2) is 4.96. The van der Waals surface area contributed by atoms with Gasteiger partial charge < -0.3 is 5.73 Å². The molecule has 0 atom stereocenters. The van der Waals surface area contributed by atoms with Gasteiger partial charge in [0.05, 0.1) is 4.90 Å². The van der Waals surface area contributed by atoms with Crippen LogP contribution in [0.4, 0.5) is 0 Å². The van der Waals surface area contributed by atoms with Gasteiger partial charge in [0.25, 0.3) is 0 Å². The Hall–Kier alpha value is -1.31. The molecule has 0 unspecified atom stereocenters. The molecule has 1 aromatic rings. The average Bonchev–Trinajstić information content (AvgIpc) is 2.19. The van der Waals surface area contributed by atoms with Gasteiger partial charge >= 0.3 is 0 Å². The summed E-state index contributed by atoms with van der Waals surface area (Å²) in [5.74, 6) is 1.88. The lowest BCUT2D eigenvalue weighted by atomic mass is 10.2. The summed E-state index contributed by atoms with van der Waals surface area (Å²) < 4.78 is 23.1. The van der Waals surface area contributed by atoms with E-state index in [1.54, 1.807) is 24.3 Å². The third-order valence-electron chi connectivity index (χ3n) is 1.99. The Bertz CT molecular complexity index is 454. The van der Waals surface area contributed by atoms with Crippen LogP contribution in [0.25, 0.3) is 0 Å². The molecule has 0 saturated heterocycles. The molecule has 0 bridgehead atoms. The van der Waals surface area contributed by atoms with Crippen molar-refractivity contribution in [2.24, 2.45) is 5.73 Å². The van der Waals surface area contributed by atoms with E-state index in [0.29, 0.717) is 6.54 Å². The van der Waals surface area contributed by atoms with Crippen molar-refractivity contribution < 1.29 is 8.42 Å². The Morgan fingerprint density at radius 3 is 2.33 bits per heavy atom. The minimum absolute atomic E-state index is 0.261. The molecule has 0 spiro atoms. The predicted octanol–water partition coefficient (Wildman–Crippen LogP) is 0.595. The van der Waals surface area contributed by atoms with E-state index >= 15 is 0 Å². The predicted molar refractivity (Wildman–Crippen MR) is 60.1 cm³/mol. The first kappa shape index (κ1) is 11.8. The molecule has 80 valence electrons. The molecule has 0 heterocycles. The first-order valence-electron chi connectivity index (χ1n) is 4.55. The van der Waals surface area contributed by atoms with Crippen LogP contribution in [0.2, 0.25) is 0 Å². The molecule has 1 rings (SSSR count). The Balaban J connectivity index is 2.95. The van der Waals surface area contributed by atoms with Crippen LogP contribution in [0.3, 0.4) is 0 Å². The highest BCUT2D eigenvalue weighted by atomic mass is 32.2. The maximum Gasteiger partial charge on any atom is 0.189 e. The average molecular weight is 223 g/mol. The fourth-order valence-corrected chi connectivity index (χ4v) is 2.16. The number of hydrogen-bond donors (Lipinski definition) is 1. The van der Waals surface area contributed by atoms with Gasteiger partial charge in [0.15, 0.2) is 9.84 Å². The zero-order valence-electron chi connectivity index (χ0n) is 8.31. The number of rotatable bonds is 4. The van der Waals surface area contributed by atoms with Gasteiger partial charge in [-0.3, -0.25) is 0 Å². The standard InChI is InChI=1S/C11H13NO2S/c1-2-9-15(13,14)11-5-3-10(4-6-11)7-8-12/h1,3-6H,7-9,12H2. The molecule has 1 aromatic carbocycles. The molecule has 0 aliphatic rings. The fraction of sp³-hybridized carbons (Fsp3) is 0.273. The summed E-state index contributed by atoms with van der Waals surface area (Å²) in [6.45, 7) is 0.552. The third-order valence-corrected chi connectivity index (χ3v) is 3.53. The van der Waals surface area contributed by atoms with Crippen molar-refractivity contribution in [3.63, 3.8) is 0 Å². The van der Waals surface area contributed by atoms with Crippen LogP contribution in [0.1, 0.15) is 5.56 Å². The van der Waals surface area contributed by atoms with Gasteiger partial charge in [0.2, 0.25) is 0 Å². The van der Waals surface area contributed by atoms with E-state index in [0.717, 1.165) is 12.0 Å². The summed E-state index contributed by atoms with van der Waals surface area (Å²) in [7, 11) is -3.31. The van der Waals surface area contributed by atoms with E-state index < -0.39 is 9.84 Å². The maximum absolute atomic E-state index is 11.5. The zero-order chi connectivity index (χ0) is 11.3. The van der Waals surface area contributed by atoms with Crippen molar-refractivity contribution in [3.8, 4) is 12.3 Å². The lowest BCUT2D eigenvalue weighted by Gasteiger charge is -2.02. The van der Waals surface area contributed by atoms with Crippen LogP contribution < -0.4 is 5.73 Å². The summed E-state index contributed by atoms with van der Waals surface area (Å²) in [4.78, 5) is 0.265. The largest absolute Gasteiger partial charge is 0.330 e. The summed E-state index contributed by atoms with van der Waals surface area (Å²) in [6, 6.07) is 6.65. The van der Waals surface area contributed by atoms with E-state index in [-0.39, 0.29) is 10.6 Å². The topological polar surface area (TPSA) is 60.2 Å². The minimum Gasteiger partial charge on any atom is -0.330 e. The number of sulfone groups is 1. The molecule has 0 aromatic heterocycles. The summed E-state index contributed by atoms with van der Waals surface area (Å²) in [5, 5.41) is 0. The van der Waals surface area contributed by atoms with Gasteiger partial charge in [-0.1, -0.05) is 18.1 Å². The highest BCUT2D eigenvalue weighted by Crippen LogP contribution is 2.12. The third kappa shape index (κ3) is 3.08. The van der Waals surface area contributed by atoms with E-state index in [1.165, 1.54) is 0 Å². The van der Waals surface area contributed by atoms with Crippen LogP contribution in [-0.4, -0.2) is 20.7 Å². The van der Waals surface area contributed by atoms with Crippen molar-refractivity contribution in [2.45, 2.75) is 11.3 Å². The normalized spacial score (nSPS) is 10.9. The smallest absolute Gasteiger partial charge is 0.189 e. The molecule has 0 aliphatic carbocycles. The molecular weight excluding hydrogens is 210 g/mol. The highest BCUT2D eigenvalue weighted by Gasteiger charge is 2.11. The number of hydrogen-bond acceptors (Lipinski definition) is 3. The highest BCUT2D eigenvalue weighted by molar-refractivity contribution is 7.91. The van der Waals surface area contributed by atoms with E-state index in [1.807, 2.05) is 0 Å². The minimum atomic E-state index is -3.31. The van der Waals surface area contributed by atoms with Crippen molar-refractivity contribution in [3.05, 3.63) is 29.8 Å². The van der Waals surface area contributed by atoms with Gasteiger partial charge in [0, 0.05) is 0 Å². The van der Waals surface area contributed by atoms with E-state index in [2.05, 4.69) is 5.92 Å². The zero-order valence-corrected chi connectivity index (χ0v) is 9.13. The summed E-state index contributed by atoms with van der Waals surface area (Å²) >= 11 is 0. The summed E-state index contributed by atoms with van der Waals surface area (Å²) in [6.07, 6.45) is 5.73.